The molecule has 104 valence electrons. The minimum Gasteiger partial charge on any atom is -0.480 e. The number of carboxylic acid groups (broad SMARTS) is 2. The van der Waals surface area contributed by atoms with E-state index in [0.29, 0.717) is 5.56 Å². The lowest BCUT2D eigenvalue weighted by molar-refractivity contribution is -0.143. The van der Waals surface area contributed by atoms with Crippen LogP contribution >= 0.6 is 25.3 Å². The van der Waals surface area contributed by atoms with Crippen LogP contribution in [-0.2, 0) is 9.59 Å². The fourth-order valence-corrected chi connectivity index (χ4v) is 3.01. The van der Waals surface area contributed by atoms with Gasteiger partial charge < -0.3 is 10.2 Å². The van der Waals surface area contributed by atoms with Crippen LogP contribution in [0.3, 0.4) is 0 Å². The summed E-state index contributed by atoms with van der Waals surface area (Å²) in [4.78, 5) is 22.8. The highest BCUT2D eigenvalue weighted by molar-refractivity contribution is 7.84. The summed E-state index contributed by atoms with van der Waals surface area (Å²) in [6.45, 7) is 2.76. The average molecular weight is 300 g/mol. The Morgan fingerprint density at radius 2 is 1.37 bits per heavy atom. The van der Waals surface area contributed by atoms with Gasteiger partial charge in [0, 0.05) is 5.92 Å². The Morgan fingerprint density at radius 3 is 1.68 bits per heavy atom. The zero-order valence-electron chi connectivity index (χ0n) is 10.6. The van der Waals surface area contributed by atoms with Gasteiger partial charge in [-0.25, -0.2) is 0 Å². The Balaban J connectivity index is 3.44. The summed E-state index contributed by atoms with van der Waals surface area (Å²) in [5, 5.41) is 18.6. The molecular formula is C13H16O4S2. The molecule has 0 amide bonds. The molecule has 4 nitrogen and oxygen atoms in total. The summed E-state index contributed by atoms with van der Waals surface area (Å²) < 4.78 is -3.12. The maximum Gasteiger partial charge on any atom is 0.319 e. The van der Waals surface area contributed by atoms with Crippen molar-refractivity contribution in [2.45, 2.75) is 29.3 Å². The normalized spacial score (nSPS) is 18.9. The molecule has 1 aromatic rings. The van der Waals surface area contributed by atoms with Gasteiger partial charge in [0.2, 0.25) is 0 Å². The van der Waals surface area contributed by atoms with Crippen LogP contribution in [0.2, 0.25) is 0 Å². The van der Waals surface area contributed by atoms with Crippen molar-refractivity contribution < 1.29 is 19.8 Å². The van der Waals surface area contributed by atoms with Crippen molar-refractivity contribution in [3.63, 3.8) is 0 Å². The molecule has 0 aliphatic carbocycles. The number of carbonyl (C=O) groups is 2. The van der Waals surface area contributed by atoms with E-state index in [0.717, 1.165) is 0 Å². The first-order valence-corrected chi connectivity index (χ1v) is 6.47. The number of carboxylic acids is 2. The van der Waals surface area contributed by atoms with Crippen LogP contribution < -0.4 is 0 Å². The molecular weight excluding hydrogens is 284 g/mol. The van der Waals surface area contributed by atoms with Crippen molar-refractivity contribution in [3.05, 3.63) is 35.9 Å². The molecule has 0 aliphatic rings. The second kappa shape index (κ2) is 5.46. The Bertz CT molecular complexity index is 457. The van der Waals surface area contributed by atoms with E-state index in [1.807, 2.05) is 0 Å². The van der Waals surface area contributed by atoms with Gasteiger partial charge in [-0.2, -0.15) is 25.3 Å². The number of benzene rings is 1. The van der Waals surface area contributed by atoms with E-state index in [2.05, 4.69) is 25.3 Å². The summed E-state index contributed by atoms with van der Waals surface area (Å²) in [5.41, 5.74) is 0.572. The number of thiol groups is 2. The van der Waals surface area contributed by atoms with Gasteiger partial charge in [0.1, 0.15) is 9.49 Å². The Hall–Kier alpha value is -1.14. The van der Waals surface area contributed by atoms with Crippen LogP contribution in [-0.4, -0.2) is 31.6 Å². The minimum absolute atomic E-state index is 0.572. The van der Waals surface area contributed by atoms with Gasteiger partial charge in [0.25, 0.3) is 0 Å². The standard InChI is InChI=1S/C13H16O4S2/c1-12(18,10(14)15)9(13(2,19)11(16)17)8-6-4-3-5-7-8/h3-7,9,18-19H,1-2H3,(H,14,15)(H,16,17). The Kier molecular flexibility index (Phi) is 4.58. The van der Waals surface area contributed by atoms with Gasteiger partial charge in [-0.3, -0.25) is 9.59 Å². The molecule has 19 heavy (non-hydrogen) atoms. The molecule has 0 aromatic heterocycles. The van der Waals surface area contributed by atoms with E-state index >= 15 is 0 Å². The van der Waals surface area contributed by atoms with Gasteiger partial charge in [-0.15, -0.1) is 0 Å². The maximum absolute atomic E-state index is 11.4. The summed E-state index contributed by atoms with van der Waals surface area (Å²) in [7, 11) is 0. The first kappa shape index (κ1) is 15.9. The van der Waals surface area contributed by atoms with Crippen molar-refractivity contribution in [1.29, 1.82) is 0 Å². The van der Waals surface area contributed by atoms with Crippen LogP contribution in [0.5, 0.6) is 0 Å². The zero-order chi connectivity index (χ0) is 14.8. The second-order valence-electron chi connectivity index (χ2n) is 4.75. The quantitative estimate of drug-likeness (QED) is 0.630. The summed E-state index contributed by atoms with van der Waals surface area (Å²) in [6.07, 6.45) is 0. The van der Waals surface area contributed by atoms with E-state index in [1.165, 1.54) is 13.8 Å². The zero-order valence-corrected chi connectivity index (χ0v) is 12.4. The minimum atomic E-state index is -1.56. The number of hydrogen-bond donors (Lipinski definition) is 4. The highest BCUT2D eigenvalue weighted by atomic mass is 32.1. The van der Waals surface area contributed by atoms with Gasteiger partial charge >= 0.3 is 11.9 Å². The summed E-state index contributed by atoms with van der Waals surface area (Å²) >= 11 is 8.33. The van der Waals surface area contributed by atoms with Crippen molar-refractivity contribution >= 4 is 37.2 Å². The smallest absolute Gasteiger partial charge is 0.319 e. The molecule has 0 fully saturated rings. The topological polar surface area (TPSA) is 74.6 Å². The van der Waals surface area contributed by atoms with Gasteiger partial charge in [0.05, 0.1) is 0 Å². The van der Waals surface area contributed by atoms with E-state index < -0.39 is 27.4 Å². The van der Waals surface area contributed by atoms with Gasteiger partial charge in [-0.1, -0.05) is 30.3 Å². The lowest BCUT2D eigenvalue weighted by atomic mass is 9.77. The fourth-order valence-electron chi connectivity index (χ4n) is 2.09. The van der Waals surface area contributed by atoms with Crippen LogP contribution in [0.4, 0.5) is 0 Å². The number of hydrogen-bond acceptors (Lipinski definition) is 4. The SMILES string of the molecule is CC(S)(C(=O)O)C(c1ccccc1)C(C)(S)C(=O)O. The van der Waals surface area contributed by atoms with Crippen LogP contribution in [0.25, 0.3) is 0 Å². The van der Waals surface area contributed by atoms with Crippen LogP contribution in [0, 0.1) is 0 Å². The molecule has 2 N–H and O–H groups in total. The largest absolute Gasteiger partial charge is 0.480 e. The van der Waals surface area contributed by atoms with Crippen LogP contribution in [0.1, 0.15) is 25.3 Å². The predicted octanol–water partition coefficient (Wildman–Crippen LogP) is 2.32. The molecule has 0 bridgehead atoms. The molecule has 1 rings (SSSR count). The third-order valence-electron chi connectivity index (χ3n) is 3.12. The van der Waals surface area contributed by atoms with Crippen molar-refractivity contribution in [2.75, 3.05) is 0 Å². The average Bonchev–Trinajstić information content (AvgIpc) is 2.29. The van der Waals surface area contributed by atoms with Gasteiger partial charge in [0.15, 0.2) is 0 Å². The molecule has 1 aromatic carbocycles. The molecule has 0 saturated carbocycles. The molecule has 2 unspecified atom stereocenters. The fraction of sp³-hybridized carbons (Fsp3) is 0.385. The van der Waals surface area contributed by atoms with Gasteiger partial charge in [-0.05, 0) is 19.4 Å². The highest BCUT2D eigenvalue weighted by Crippen LogP contribution is 2.45. The maximum atomic E-state index is 11.4. The first-order valence-electron chi connectivity index (χ1n) is 5.58. The van der Waals surface area contributed by atoms with E-state index in [9.17, 15) is 19.8 Å². The second-order valence-corrected chi connectivity index (χ2v) is 6.61. The Labute approximate surface area is 122 Å². The van der Waals surface area contributed by atoms with E-state index in [-0.39, 0.29) is 0 Å². The summed E-state index contributed by atoms with van der Waals surface area (Å²) in [6, 6.07) is 8.58. The third kappa shape index (κ3) is 3.06. The van der Waals surface area contributed by atoms with E-state index in [4.69, 9.17) is 0 Å². The monoisotopic (exact) mass is 300 g/mol. The third-order valence-corrected chi connectivity index (χ3v) is 4.02. The summed E-state index contributed by atoms with van der Waals surface area (Å²) in [5.74, 6) is -3.28. The lowest BCUT2D eigenvalue weighted by Crippen LogP contribution is -2.49. The Morgan fingerprint density at radius 1 is 1.00 bits per heavy atom. The molecule has 0 heterocycles. The molecule has 2 atom stereocenters. The lowest BCUT2D eigenvalue weighted by Gasteiger charge is -2.38. The van der Waals surface area contributed by atoms with Crippen molar-refractivity contribution in [3.8, 4) is 0 Å². The van der Waals surface area contributed by atoms with Crippen molar-refractivity contribution in [1.82, 2.24) is 0 Å². The molecule has 6 heteroatoms. The molecule has 0 radical (unpaired) electrons. The number of aliphatic carboxylic acids is 2. The molecule has 0 spiro atoms. The van der Waals surface area contributed by atoms with E-state index in [1.54, 1.807) is 30.3 Å². The highest BCUT2D eigenvalue weighted by Gasteiger charge is 2.51. The van der Waals surface area contributed by atoms with Crippen LogP contribution in [0.15, 0.2) is 30.3 Å². The first-order chi connectivity index (χ1) is 8.61. The predicted molar refractivity (Wildman–Crippen MR) is 79.2 cm³/mol. The number of rotatable bonds is 5. The molecule has 0 aliphatic heterocycles. The van der Waals surface area contributed by atoms with Crippen molar-refractivity contribution in [2.24, 2.45) is 0 Å². The molecule has 0 saturated heterocycles.